The third-order valence-corrected chi connectivity index (χ3v) is 4.00. The van der Waals surface area contributed by atoms with E-state index in [2.05, 4.69) is 24.3 Å². The molecule has 19 heavy (non-hydrogen) atoms. The summed E-state index contributed by atoms with van der Waals surface area (Å²) in [7, 11) is 0. The maximum absolute atomic E-state index is 14.1. The van der Waals surface area contributed by atoms with Crippen molar-refractivity contribution in [3.05, 3.63) is 46.9 Å². The molecule has 3 nitrogen and oxygen atoms in total. The highest BCUT2D eigenvalue weighted by Gasteiger charge is 2.31. The van der Waals surface area contributed by atoms with Crippen LogP contribution in [0.25, 0.3) is 0 Å². The molecule has 0 aliphatic carbocycles. The number of hydrogen-bond donors (Lipinski definition) is 1. The Labute approximate surface area is 112 Å². The fourth-order valence-corrected chi connectivity index (χ4v) is 2.81. The van der Waals surface area contributed by atoms with Gasteiger partial charge in [0.15, 0.2) is 0 Å². The Balaban J connectivity index is 2.17. The average Bonchev–Trinajstić information content (AvgIpc) is 2.67. The van der Waals surface area contributed by atoms with Crippen molar-refractivity contribution in [3.8, 4) is 0 Å². The number of halogens is 1. The summed E-state index contributed by atoms with van der Waals surface area (Å²) in [5.41, 5.74) is 2.87. The van der Waals surface area contributed by atoms with E-state index in [9.17, 15) is 4.39 Å². The molecule has 100 valence electrons. The zero-order valence-corrected chi connectivity index (χ0v) is 11.4. The molecule has 1 aromatic heterocycles. The topological polar surface area (TPSA) is 29.9 Å². The quantitative estimate of drug-likeness (QED) is 0.851. The summed E-state index contributed by atoms with van der Waals surface area (Å²) in [5, 5.41) is 7.99. The lowest BCUT2D eigenvalue weighted by Gasteiger charge is -2.32. The van der Waals surface area contributed by atoms with Crippen LogP contribution >= 0.6 is 0 Å². The number of nitrogens with zero attached hydrogens (tertiary/aromatic N) is 2. The van der Waals surface area contributed by atoms with Gasteiger partial charge in [0.25, 0.3) is 0 Å². The summed E-state index contributed by atoms with van der Waals surface area (Å²) in [6.45, 7) is 7.01. The molecule has 1 aliphatic heterocycles. The van der Waals surface area contributed by atoms with Gasteiger partial charge < -0.3 is 5.32 Å². The van der Waals surface area contributed by atoms with Crippen molar-refractivity contribution >= 4 is 5.82 Å². The molecule has 0 bridgehead atoms. The van der Waals surface area contributed by atoms with Gasteiger partial charge in [-0.2, -0.15) is 5.10 Å². The first-order valence-corrected chi connectivity index (χ1v) is 6.63. The summed E-state index contributed by atoms with van der Waals surface area (Å²) >= 11 is 0. The van der Waals surface area contributed by atoms with Crippen LogP contribution in [0.2, 0.25) is 0 Å². The number of hydrogen-bond acceptors (Lipinski definition) is 2. The number of aromatic nitrogens is 2. The minimum Gasteiger partial charge on any atom is -0.370 e. The van der Waals surface area contributed by atoms with E-state index in [-0.39, 0.29) is 11.9 Å². The normalized spacial score (nSPS) is 21.9. The highest BCUT2D eigenvalue weighted by molar-refractivity contribution is 5.49. The molecule has 0 saturated heterocycles. The maximum atomic E-state index is 14.1. The SMILES string of the molecule is Cc1nn2c(c1C)NCC(C)C2c1ccccc1F. The van der Waals surface area contributed by atoms with Gasteiger partial charge >= 0.3 is 0 Å². The standard InChI is InChI=1S/C15H18FN3/c1-9-8-17-15-10(2)11(3)18-19(15)14(9)12-6-4-5-7-13(12)16/h4-7,9,14,17H,8H2,1-3H3. The fourth-order valence-electron chi connectivity index (χ4n) is 2.81. The van der Waals surface area contributed by atoms with E-state index < -0.39 is 0 Å². The van der Waals surface area contributed by atoms with E-state index in [1.807, 2.05) is 23.7 Å². The van der Waals surface area contributed by atoms with Crippen LogP contribution in [-0.4, -0.2) is 16.3 Å². The second kappa shape index (κ2) is 4.37. The lowest BCUT2D eigenvalue weighted by atomic mass is 9.92. The van der Waals surface area contributed by atoms with E-state index in [0.717, 1.165) is 29.2 Å². The first-order chi connectivity index (χ1) is 9.09. The Bertz CT molecular complexity index is 618. The molecular formula is C15H18FN3. The lowest BCUT2D eigenvalue weighted by Crippen LogP contribution is -2.32. The monoisotopic (exact) mass is 259 g/mol. The fraction of sp³-hybridized carbons (Fsp3) is 0.400. The Hall–Kier alpha value is -1.84. The van der Waals surface area contributed by atoms with Crippen molar-refractivity contribution in [2.75, 3.05) is 11.9 Å². The van der Waals surface area contributed by atoms with E-state index in [4.69, 9.17) is 0 Å². The molecule has 0 radical (unpaired) electrons. The lowest BCUT2D eigenvalue weighted by molar-refractivity contribution is 0.360. The third kappa shape index (κ3) is 1.82. The minimum atomic E-state index is -0.155. The molecular weight excluding hydrogens is 241 g/mol. The minimum absolute atomic E-state index is 0.0372. The summed E-state index contributed by atoms with van der Waals surface area (Å²) in [6.07, 6.45) is 0. The van der Waals surface area contributed by atoms with Crippen LogP contribution in [-0.2, 0) is 0 Å². The maximum Gasteiger partial charge on any atom is 0.128 e. The molecule has 2 aromatic rings. The van der Waals surface area contributed by atoms with Crippen LogP contribution in [0.3, 0.4) is 0 Å². The van der Waals surface area contributed by atoms with Crippen LogP contribution < -0.4 is 5.32 Å². The van der Waals surface area contributed by atoms with Gasteiger partial charge in [0.05, 0.1) is 11.7 Å². The summed E-state index contributed by atoms with van der Waals surface area (Å²) in [4.78, 5) is 0. The predicted octanol–water partition coefficient (Wildman–Crippen LogP) is 3.29. The van der Waals surface area contributed by atoms with Crippen LogP contribution in [0.1, 0.15) is 29.8 Å². The Morgan fingerprint density at radius 1 is 1.32 bits per heavy atom. The van der Waals surface area contributed by atoms with Gasteiger partial charge in [-0.05, 0) is 19.9 Å². The summed E-state index contributed by atoms with van der Waals surface area (Å²) in [5.74, 6) is 1.16. The van der Waals surface area contributed by atoms with Crippen LogP contribution in [0.5, 0.6) is 0 Å². The predicted molar refractivity (Wildman–Crippen MR) is 73.9 cm³/mol. The Kier molecular flexibility index (Phi) is 2.81. The molecule has 2 atom stereocenters. The molecule has 3 rings (SSSR count). The summed E-state index contributed by atoms with van der Waals surface area (Å²) < 4.78 is 16.0. The highest BCUT2D eigenvalue weighted by Crippen LogP contribution is 2.36. The zero-order chi connectivity index (χ0) is 13.6. The molecule has 1 aromatic carbocycles. The van der Waals surface area contributed by atoms with Gasteiger partial charge in [0.2, 0.25) is 0 Å². The van der Waals surface area contributed by atoms with Crippen molar-refractivity contribution in [2.45, 2.75) is 26.8 Å². The second-order valence-electron chi connectivity index (χ2n) is 5.33. The number of rotatable bonds is 1. The highest BCUT2D eigenvalue weighted by atomic mass is 19.1. The van der Waals surface area contributed by atoms with Crippen LogP contribution in [0.15, 0.2) is 24.3 Å². The molecule has 2 heterocycles. The number of aryl methyl sites for hydroxylation is 1. The van der Waals surface area contributed by atoms with Gasteiger partial charge in [-0.25, -0.2) is 9.07 Å². The Morgan fingerprint density at radius 2 is 2.05 bits per heavy atom. The van der Waals surface area contributed by atoms with Crippen molar-refractivity contribution < 1.29 is 4.39 Å². The molecule has 0 amide bonds. The first-order valence-electron chi connectivity index (χ1n) is 6.63. The summed E-state index contributed by atoms with van der Waals surface area (Å²) in [6, 6.07) is 6.95. The van der Waals surface area contributed by atoms with Gasteiger partial charge in [0, 0.05) is 23.6 Å². The van der Waals surface area contributed by atoms with E-state index in [0.29, 0.717) is 5.92 Å². The molecule has 1 N–H and O–H groups in total. The van der Waals surface area contributed by atoms with E-state index in [1.165, 1.54) is 6.07 Å². The molecule has 4 heteroatoms. The van der Waals surface area contributed by atoms with E-state index in [1.54, 1.807) is 6.07 Å². The molecule has 0 spiro atoms. The average molecular weight is 259 g/mol. The molecule has 0 fully saturated rings. The second-order valence-corrected chi connectivity index (χ2v) is 5.33. The van der Waals surface area contributed by atoms with Crippen molar-refractivity contribution in [1.82, 2.24) is 9.78 Å². The number of fused-ring (bicyclic) bond motifs is 1. The van der Waals surface area contributed by atoms with Crippen molar-refractivity contribution in [2.24, 2.45) is 5.92 Å². The van der Waals surface area contributed by atoms with E-state index >= 15 is 0 Å². The number of anilines is 1. The number of benzene rings is 1. The third-order valence-electron chi connectivity index (χ3n) is 4.00. The van der Waals surface area contributed by atoms with Gasteiger partial charge in [-0.1, -0.05) is 25.1 Å². The van der Waals surface area contributed by atoms with Crippen LogP contribution in [0.4, 0.5) is 10.2 Å². The first kappa shape index (κ1) is 12.2. The van der Waals surface area contributed by atoms with Gasteiger partial charge in [0.1, 0.15) is 11.6 Å². The molecule has 0 saturated carbocycles. The van der Waals surface area contributed by atoms with Crippen LogP contribution in [0, 0.1) is 25.6 Å². The molecule has 1 aliphatic rings. The van der Waals surface area contributed by atoms with Gasteiger partial charge in [-0.3, -0.25) is 0 Å². The largest absolute Gasteiger partial charge is 0.370 e. The van der Waals surface area contributed by atoms with Crippen molar-refractivity contribution in [1.29, 1.82) is 0 Å². The smallest absolute Gasteiger partial charge is 0.128 e. The Morgan fingerprint density at radius 3 is 2.79 bits per heavy atom. The van der Waals surface area contributed by atoms with Crippen molar-refractivity contribution in [3.63, 3.8) is 0 Å². The zero-order valence-electron chi connectivity index (χ0n) is 11.4. The van der Waals surface area contributed by atoms with Gasteiger partial charge in [-0.15, -0.1) is 0 Å². The number of nitrogens with one attached hydrogen (secondary N) is 1. The molecule has 2 unspecified atom stereocenters.